The van der Waals surface area contributed by atoms with Gasteiger partial charge >= 0.3 is 5.97 Å². The number of benzene rings is 1. The Kier molecular flexibility index (Phi) is 5.29. The maximum atomic E-state index is 12.7. The molecule has 0 spiro atoms. The number of hydrogen-bond donors (Lipinski definition) is 1. The van der Waals surface area contributed by atoms with Gasteiger partial charge in [-0.2, -0.15) is 0 Å². The van der Waals surface area contributed by atoms with Crippen molar-refractivity contribution in [3.05, 3.63) is 23.8 Å². The van der Waals surface area contributed by atoms with Crippen molar-refractivity contribution in [2.75, 3.05) is 11.4 Å². The fraction of sp³-hybridized carbons (Fsp3) is 0.556. The van der Waals surface area contributed by atoms with Crippen molar-refractivity contribution in [3.63, 3.8) is 0 Å². The molecule has 126 valence electrons. The van der Waals surface area contributed by atoms with Crippen LogP contribution < -0.4 is 9.64 Å². The van der Waals surface area contributed by atoms with Crippen LogP contribution in [-0.2, 0) is 9.59 Å². The SMILES string of the molecule is CCC(C)c1cccc2c1OC(C(C)C)C(=O)N2CCC(=O)O. The molecule has 1 aromatic rings. The van der Waals surface area contributed by atoms with E-state index in [1.165, 1.54) is 0 Å². The maximum absolute atomic E-state index is 12.7. The average molecular weight is 319 g/mol. The number of hydrogen-bond acceptors (Lipinski definition) is 3. The molecule has 2 atom stereocenters. The van der Waals surface area contributed by atoms with Gasteiger partial charge in [0.25, 0.3) is 5.91 Å². The molecule has 5 heteroatoms. The standard InChI is InChI=1S/C18H25NO4/c1-5-12(4)13-7-6-8-14-17(13)23-16(11(2)3)18(22)19(14)10-9-15(20)21/h6-8,11-12,16H,5,9-10H2,1-4H3,(H,20,21). The smallest absolute Gasteiger partial charge is 0.305 e. The van der Waals surface area contributed by atoms with Crippen LogP contribution in [0.3, 0.4) is 0 Å². The minimum Gasteiger partial charge on any atom is -0.481 e. The molecule has 1 amide bonds. The summed E-state index contributed by atoms with van der Waals surface area (Å²) < 4.78 is 6.06. The zero-order chi connectivity index (χ0) is 17.1. The summed E-state index contributed by atoms with van der Waals surface area (Å²) in [4.78, 5) is 25.2. The number of fused-ring (bicyclic) bond motifs is 1. The predicted octanol–water partition coefficient (Wildman–Crippen LogP) is 3.42. The lowest BCUT2D eigenvalue weighted by molar-refractivity contribution is -0.136. The molecule has 1 heterocycles. The Morgan fingerprint density at radius 1 is 1.35 bits per heavy atom. The lowest BCUT2D eigenvalue weighted by Crippen LogP contribution is -2.49. The minimum atomic E-state index is -0.912. The Labute approximate surface area is 137 Å². The molecular formula is C18H25NO4. The second kappa shape index (κ2) is 7.02. The van der Waals surface area contributed by atoms with E-state index in [0.717, 1.165) is 17.7 Å². The lowest BCUT2D eigenvalue weighted by Gasteiger charge is -2.37. The number of carbonyl (C=O) groups excluding carboxylic acids is 1. The van der Waals surface area contributed by atoms with Gasteiger partial charge in [-0.25, -0.2) is 0 Å². The molecule has 0 aromatic heterocycles. The number of para-hydroxylation sites is 1. The van der Waals surface area contributed by atoms with Gasteiger partial charge < -0.3 is 14.7 Å². The Balaban J connectivity index is 2.48. The first kappa shape index (κ1) is 17.3. The van der Waals surface area contributed by atoms with Crippen LogP contribution in [0.2, 0.25) is 0 Å². The number of aliphatic carboxylic acids is 1. The van der Waals surface area contributed by atoms with E-state index in [0.29, 0.717) is 11.6 Å². The number of amides is 1. The van der Waals surface area contributed by atoms with E-state index < -0.39 is 12.1 Å². The highest BCUT2D eigenvalue weighted by molar-refractivity contribution is 6.00. The fourth-order valence-electron chi connectivity index (χ4n) is 2.80. The van der Waals surface area contributed by atoms with Gasteiger partial charge in [-0.05, 0) is 29.9 Å². The molecule has 1 N–H and O–H groups in total. The van der Waals surface area contributed by atoms with Gasteiger partial charge in [-0.1, -0.05) is 39.8 Å². The van der Waals surface area contributed by atoms with Crippen LogP contribution in [0.1, 0.15) is 52.0 Å². The van der Waals surface area contributed by atoms with Gasteiger partial charge in [0.1, 0.15) is 5.75 Å². The van der Waals surface area contributed by atoms with Crippen molar-refractivity contribution in [2.45, 2.75) is 52.6 Å². The Morgan fingerprint density at radius 3 is 2.61 bits per heavy atom. The zero-order valence-electron chi connectivity index (χ0n) is 14.2. The Bertz CT molecular complexity index is 597. The van der Waals surface area contributed by atoms with Crippen molar-refractivity contribution >= 4 is 17.6 Å². The summed E-state index contributed by atoms with van der Waals surface area (Å²) in [6.45, 7) is 8.28. The third-order valence-corrected chi connectivity index (χ3v) is 4.37. The van der Waals surface area contributed by atoms with E-state index in [9.17, 15) is 9.59 Å². The van der Waals surface area contributed by atoms with Gasteiger partial charge in [-0.15, -0.1) is 0 Å². The minimum absolute atomic E-state index is 0.0213. The van der Waals surface area contributed by atoms with Crippen LogP contribution in [0.25, 0.3) is 0 Å². The van der Waals surface area contributed by atoms with Gasteiger partial charge in [-0.3, -0.25) is 9.59 Å². The average Bonchev–Trinajstić information content (AvgIpc) is 2.51. The van der Waals surface area contributed by atoms with Gasteiger partial charge in [0, 0.05) is 6.54 Å². The molecule has 0 saturated heterocycles. The number of nitrogens with zero attached hydrogens (tertiary/aromatic N) is 1. The summed E-state index contributed by atoms with van der Waals surface area (Å²) in [6.07, 6.45) is 0.320. The lowest BCUT2D eigenvalue weighted by atomic mass is 9.94. The Morgan fingerprint density at radius 2 is 2.04 bits per heavy atom. The first-order chi connectivity index (χ1) is 10.9. The normalized spacial score (nSPS) is 18.6. The van der Waals surface area contributed by atoms with E-state index in [2.05, 4.69) is 13.8 Å². The molecule has 0 bridgehead atoms. The summed E-state index contributed by atoms with van der Waals surface area (Å²) in [5.74, 6) is -0.00846. The van der Waals surface area contributed by atoms with Crippen molar-refractivity contribution in [1.29, 1.82) is 0 Å². The summed E-state index contributed by atoms with van der Waals surface area (Å²) >= 11 is 0. The van der Waals surface area contributed by atoms with Crippen LogP contribution in [0.4, 0.5) is 5.69 Å². The molecule has 0 saturated carbocycles. The van der Waals surface area contributed by atoms with E-state index >= 15 is 0 Å². The number of carbonyl (C=O) groups is 2. The number of carboxylic acid groups (broad SMARTS) is 1. The number of ether oxygens (including phenoxy) is 1. The molecule has 0 fully saturated rings. The first-order valence-electron chi connectivity index (χ1n) is 8.19. The van der Waals surface area contributed by atoms with Crippen LogP contribution in [0, 0.1) is 5.92 Å². The van der Waals surface area contributed by atoms with E-state index in [-0.39, 0.29) is 24.8 Å². The topological polar surface area (TPSA) is 66.8 Å². The summed E-state index contributed by atoms with van der Waals surface area (Å²) in [5.41, 5.74) is 1.76. The van der Waals surface area contributed by atoms with Gasteiger partial charge in [0.2, 0.25) is 0 Å². The van der Waals surface area contributed by atoms with Crippen LogP contribution in [0.5, 0.6) is 5.75 Å². The Hall–Kier alpha value is -2.04. The first-order valence-corrected chi connectivity index (χ1v) is 8.19. The van der Waals surface area contributed by atoms with Crippen molar-refractivity contribution in [1.82, 2.24) is 0 Å². The van der Waals surface area contributed by atoms with Crippen LogP contribution >= 0.6 is 0 Å². The molecule has 2 unspecified atom stereocenters. The van der Waals surface area contributed by atoms with Crippen LogP contribution in [0.15, 0.2) is 18.2 Å². The van der Waals surface area contributed by atoms with E-state index in [1.54, 1.807) is 4.90 Å². The zero-order valence-corrected chi connectivity index (χ0v) is 14.2. The molecule has 5 nitrogen and oxygen atoms in total. The molecule has 1 aliphatic rings. The highest BCUT2D eigenvalue weighted by Crippen LogP contribution is 2.42. The van der Waals surface area contributed by atoms with Crippen LogP contribution in [-0.4, -0.2) is 29.6 Å². The molecular weight excluding hydrogens is 294 g/mol. The monoisotopic (exact) mass is 319 g/mol. The molecule has 1 aromatic carbocycles. The summed E-state index contributed by atoms with van der Waals surface area (Å²) in [5, 5.41) is 8.97. The maximum Gasteiger partial charge on any atom is 0.305 e. The third-order valence-electron chi connectivity index (χ3n) is 4.37. The number of rotatable bonds is 6. The van der Waals surface area contributed by atoms with Crippen molar-refractivity contribution < 1.29 is 19.4 Å². The molecule has 0 radical (unpaired) electrons. The highest BCUT2D eigenvalue weighted by Gasteiger charge is 2.37. The molecule has 1 aliphatic heterocycles. The summed E-state index contributed by atoms with van der Waals surface area (Å²) in [7, 11) is 0. The van der Waals surface area contributed by atoms with E-state index in [1.807, 2.05) is 32.0 Å². The number of anilines is 1. The second-order valence-electron chi connectivity index (χ2n) is 6.42. The van der Waals surface area contributed by atoms with Gasteiger partial charge in [0.05, 0.1) is 12.1 Å². The highest BCUT2D eigenvalue weighted by atomic mass is 16.5. The molecule has 2 rings (SSSR count). The third kappa shape index (κ3) is 3.49. The quantitative estimate of drug-likeness (QED) is 0.872. The van der Waals surface area contributed by atoms with Gasteiger partial charge in [0.15, 0.2) is 6.10 Å². The largest absolute Gasteiger partial charge is 0.481 e. The second-order valence-corrected chi connectivity index (χ2v) is 6.42. The van der Waals surface area contributed by atoms with Crippen molar-refractivity contribution in [2.24, 2.45) is 5.92 Å². The van der Waals surface area contributed by atoms with E-state index in [4.69, 9.17) is 9.84 Å². The number of carboxylic acids is 1. The summed E-state index contributed by atoms with van der Waals surface area (Å²) in [6, 6.07) is 5.76. The molecule has 23 heavy (non-hydrogen) atoms. The predicted molar refractivity (Wildman–Crippen MR) is 89.0 cm³/mol. The van der Waals surface area contributed by atoms with Crippen molar-refractivity contribution in [3.8, 4) is 5.75 Å². The fourth-order valence-corrected chi connectivity index (χ4v) is 2.80. The molecule has 0 aliphatic carbocycles.